The molecule has 1 heterocycles. The van der Waals surface area contributed by atoms with Gasteiger partial charge in [0.25, 0.3) is 5.91 Å². The Labute approximate surface area is 180 Å². The fourth-order valence-corrected chi connectivity index (χ4v) is 3.16. The molecule has 0 saturated heterocycles. The van der Waals surface area contributed by atoms with Crippen molar-refractivity contribution >= 4 is 34.9 Å². The lowest BCUT2D eigenvalue weighted by atomic mass is 10.2. The fourth-order valence-electron chi connectivity index (χ4n) is 2.65. The third kappa shape index (κ3) is 5.67. The summed E-state index contributed by atoms with van der Waals surface area (Å²) in [5.74, 6) is -0.315. The first-order valence-electron chi connectivity index (χ1n) is 8.71. The number of benzene rings is 2. The van der Waals surface area contributed by atoms with Gasteiger partial charge in [-0.3, -0.25) is 9.48 Å². The second-order valence-electron chi connectivity index (χ2n) is 6.41. The summed E-state index contributed by atoms with van der Waals surface area (Å²) >= 11 is 12.4. The molecule has 1 amide bonds. The molecule has 0 fully saturated rings. The Bertz CT molecular complexity index is 1050. The molecule has 0 bridgehead atoms. The van der Waals surface area contributed by atoms with Crippen molar-refractivity contribution in [3.8, 4) is 5.75 Å². The second-order valence-corrected chi connectivity index (χ2v) is 7.23. The maximum Gasteiger partial charge on any atom is 0.422 e. The van der Waals surface area contributed by atoms with Crippen LogP contribution in [0, 0.1) is 6.92 Å². The van der Waals surface area contributed by atoms with Crippen molar-refractivity contribution in [3.05, 3.63) is 75.4 Å². The summed E-state index contributed by atoms with van der Waals surface area (Å²) in [6, 6.07) is 12.3. The molecule has 0 unspecified atom stereocenters. The Morgan fingerprint density at radius 2 is 1.80 bits per heavy atom. The number of alkyl halides is 3. The molecule has 3 aromatic rings. The number of amides is 1. The molecule has 0 aliphatic heterocycles. The number of anilines is 1. The first kappa shape index (κ1) is 22.0. The number of aryl methyl sites for hydroxylation is 1. The summed E-state index contributed by atoms with van der Waals surface area (Å²) in [6.07, 6.45) is -4.47. The van der Waals surface area contributed by atoms with Crippen LogP contribution in [0.5, 0.6) is 5.75 Å². The Hall–Kier alpha value is -2.71. The molecule has 3 rings (SSSR count). The van der Waals surface area contributed by atoms with Gasteiger partial charge in [0, 0.05) is 32.9 Å². The van der Waals surface area contributed by atoms with Gasteiger partial charge in [0.2, 0.25) is 0 Å². The van der Waals surface area contributed by atoms with E-state index in [9.17, 15) is 18.0 Å². The van der Waals surface area contributed by atoms with E-state index in [1.54, 1.807) is 35.9 Å². The Balaban J connectivity index is 1.71. The standard InChI is InChI=1S/C20H16Cl2F3N3O2/c1-12-8-18(27-28(12)10-15-16(21)6-3-7-17(15)22)26-19(29)13-4-2-5-14(9-13)30-11-20(23,24)25/h2-9H,10-11H2,1H3,(H,26,27,29). The van der Waals surface area contributed by atoms with Crippen LogP contribution in [0.25, 0.3) is 0 Å². The molecule has 158 valence electrons. The number of hydrogen-bond donors (Lipinski definition) is 1. The van der Waals surface area contributed by atoms with Crippen LogP contribution in [-0.4, -0.2) is 28.5 Å². The molecule has 0 atom stereocenters. The molecule has 1 aromatic heterocycles. The Morgan fingerprint density at radius 1 is 1.13 bits per heavy atom. The quantitative estimate of drug-likeness (QED) is 0.513. The van der Waals surface area contributed by atoms with E-state index in [1.165, 1.54) is 24.3 Å². The van der Waals surface area contributed by atoms with E-state index in [2.05, 4.69) is 15.2 Å². The van der Waals surface area contributed by atoms with E-state index >= 15 is 0 Å². The highest BCUT2D eigenvalue weighted by Crippen LogP contribution is 2.26. The van der Waals surface area contributed by atoms with E-state index in [0.717, 1.165) is 5.69 Å². The van der Waals surface area contributed by atoms with Crippen LogP contribution in [0.4, 0.5) is 19.0 Å². The SMILES string of the molecule is Cc1cc(NC(=O)c2cccc(OCC(F)(F)F)c2)nn1Cc1c(Cl)cccc1Cl. The van der Waals surface area contributed by atoms with Crippen LogP contribution in [-0.2, 0) is 6.54 Å². The highest BCUT2D eigenvalue weighted by Gasteiger charge is 2.28. The van der Waals surface area contributed by atoms with E-state index in [0.29, 0.717) is 22.2 Å². The minimum atomic E-state index is -4.47. The zero-order valence-corrected chi connectivity index (χ0v) is 17.1. The van der Waals surface area contributed by atoms with E-state index < -0.39 is 18.7 Å². The zero-order chi connectivity index (χ0) is 21.9. The van der Waals surface area contributed by atoms with Gasteiger partial charge < -0.3 is 10.1 Å². The minimum absolute atomic E-state index is 0.0601. The van der Waals surface area contributed by atoms with Gasteiger partial charge in [-0.15, -0.1) is 0 Å². The average molecular weight is 458 g/mol. The van der Waals surface area contributed by atoms with Crippen LogP contribution in [0.2, 0.25) is 10.0 Å². The number of rotatable bonds is 6. The Morgan fingerprint density at radius 3 is 2.47 bits per heavy atom. The third-order valence-electron chi connectivity index (χ3n) is 4.09. The van der Waals surface area contributed by atoms with Gasteiger partial charge in [0.1, 0.15) is 5.75 Å². The highest BCUT2D eigenvalue weighted by molar-refractivity contribution is 6.35. The van der Waals surface area contributed by atoms with E-state index in [4.69, 9.17) is 23.2 Å². The Kier molecular flexibility index (Phi) is 6.58. The summed E-state index contributed by atoms with van der Waals surface area (Å²) in [5.41, 5.74) is 1.58. The van der Waals surface area contributed by atoms with Crippen LogP contribution in [0.1, 0.15) is 21.6 Å². The normalized spacial score (nSPS) is 11.4. The zero-order valence-electron chi connectivity index (χ0n) is 15.6. The number of nitrogens with one attached hydrogen (secondary N) is 1. The maximum absolute atomic E-state index is 12.5. The number of nitrogens with zero attached hydrogens (tertiary/aromatic N) is 2. The molecule has 0 radical (unpaired) electrons. The topological polar surface area (TPSA) is 56.1 Å². The highest BCUT2D eigenvalue weighted by atomic mass is 35.5. The minimum Gasteiger partial charge on any atom is -0.484 e. The molecule has 2 aromatic carbocycles. The smallest absolute Gasteiger partial charge is 0.422 e. The van der Waals surface area contributed by atoms with E-state index in [1.807, 2.05) is 0 Å². The van der Waals surface area contributed by atoms with Crippen molar-refractivity contribution in [3.63, 3.8) is 0 Å². The van der Waals surface area contributed by atoms with Crippen molar-refractivity contribution in [2.24, 2.45) is 0 Å². The summed E-state index contributed by atoms with van der Waals surface area (Å²) in [6.45, 7) is 0.673. The molecular formula is C20H16Cl2F3N3O2. The third-order valence-corrected chi connectivity index (χ3v) is 4.80. The summed E-state index contributed by atoms with van der Waals surface area (Å²) < 4.78 is 43.2. The van der Waals surface area contributed by atoms with Crippen molar-refractivity contribution < 1.29 is 22.7 Å². The average Bonchev–Trinajstić information content (AvgIpc) is 3.01. The van der Waals surface area contributed by atoms with Crippen molar-refractivity contribution in [1.82, 2.24) is 9.78 Å². The summed E-state index contributed by atoms with van der Waals surface area (Å²) in [7, 11) is 0. The van der Waals surface area contributed by atoms with Gasteiger partial charge in [0.05, 0.1) is 6.54 Å². The molecular weight excluding hydrogens is 442 g/mol. The maximum atomic E-state index is 12.5. The number of ether oxygens (including phenoxy) is 1. The second kappa shape index (κ2) is 8.97. The molecule has 1 N–H and O–H groups in total. The van der Waals surface area contributed by atoms with Gasteiger partial charge in [-0.05, 0) is 37.3 Å². The number of aromatic nitrogens is 2. The largest absolute Gasteiger partial charge is 0.484 e. The van der Waals surface area contributed by atoms with Crippen LogP contribution >= 0.6 is 23.2 Å². The van der Waals surface area contributed by atoms with Gasteiger partial charge in [-0.1, -0.05) is 35.3 Å². The number of hydrogen-bond acceptors (Lipinski definition) is 3. The first-order chi connectivity index (χ1) is 14.1. The van der Waals surface area contributed by atoms with Crippen molar-refractivity contribution in [2.45, 2.75) is 19.6 Å². The van der Waals surface area contributed by atoms with Crippen molar-refractivity contribution in [1.29, 1.82) is 0 Å². The fraction of sp³-hybridized carbons (Fsp3) is 0.200. The van der Waals surface area contributed by atoms with Gasteiger partial charge >= 0.3 is 6.18 Å². The molecule has 0 aliphatic rings. The molecule has 5 nitrogen and oxygen atoms in total. The molecule has 0 aliphatic carbocycles. The van der Waals surface area contributed by atoms with Crippen LogP contribution < -0.4 is 10.1 Å². The monoisotopic (exact) mass is 457 g/mol. The van der Waals surface area contributed by atoms with Crippen LogP contribution in [0.15, 0.2) is 48.5 Å². The molecule has 10 heteroatoms. The van der Waals surface area contributed by atoms with Gasteiger partial charge in [-0.25, -0.2) is 0 Å². The van der Waals surface area contributed by atoms with Gasteiger partial charge in [-0.2, -0.15) is 18.3 Å². The predicted molar refractivity (Wildman–Crippen MR) is 108 cm³/mol. The molecule has 0 saturated carbocycles. The number of carbonyl (C=O) groups excluding carboxylic acids is 1. The van der Waals surface area contributed by atoms with E-state index in [-0.39, 0.29) is 17.1 Å². The lowest BCUT2D eigenvalue weighted by Gasteiger charge is -2.10. The molecule has 30 heavy (non-hydrogen) atoms. The molecule has 0 spiro atoms. The lowest BCUT2D eigenvalue weighted by molar-refractivity contribution is -0.153. The number of halogens is 5. The van der Waals surface area contributed by atoms with Gasteiger partial charge in [0.15, 0.2) is 12.4 Å². The van der Waals surface area contributed by atoms with Crippen molar-refractivity contribution in [2.75, 3.05) is 11.9 Å². The van der Waals surface area contributed by atoms with Crippen LogP contribution in [0.3, 0.4) is 0 Å². The number of carbonyl (C=O) groups is 1. The summed E-state index contributed by atoms with van der Waals surface area (Å²) in [4.78, 5) is 12.5. The first-order valence-corrected chi connectivity index (χ1v) is 9.46. The predicted octanol–water partition coefficient (Wildman–Crippen LogP) is 5.74. The lowest BCUT2D eigenvalue weighted by Crippen LogP contribution is -2.19. The summed E-state index contributed by atoms with van der Waals surface area (Å²) in [5, 5.41) is 7.95.